The molecule has 0 amide bonds. The molecule has 0 radical (unpaired) electrons. The summed E-state index contributed by atoms with van der Waals surface area (Å²) in [5, 5.41) is 11.9. The first-order valence-corrected chi connectivity index (χ1v) is 8.26. The quantitative estimate of drug-likeness (QED) is 0.693. The van der Waals surface area contributed by atoms with Gasteiger partial charge in [-0.15, -0.1) is 0 Å². The van der Waals surface area contributed by atoms with Gasteiger partial charge in [0.05, 0.1) is 13.2 Å². The largest absolute Gasteiger partial charge is 0.493 e. The number of fused-ring (bicyclic) bond motifs is 1. The van der Waals surface area contributed by atoms with E-state index in [-0.39, 0.29) is 18.9 Å². The van der Waals surface area contributed by atoms with Crippen LogP contribution in [0, 0.1) is 0 Å². The summed E-state index contributed by atoms with van der Waals surface area (Å²) in [6.45, 7) is 5.78. The second kappa shape index (κ2) is 7.27. The SMILES string of the molecule is C[C@@]1(NCC(=O)O)CCN(CCCOc2ccc3c(c2)OCO3)C1. The van der Waals surface area contributed by atoms with Crippen LogP contribution >= 0.6 is 0 Å². The number of likely N-dealkylation sites (tertiary alicyclic amines) is 1. The molecule has 3 rings (SSSR count). The Bertz CT molecular complexity index is 594. The van der Waals surface area contributed by atoms with Crippen molar-refractivity contribution in [3.63, 3.8) is 0 Å². The minimum atomic E-state index is -0.813. The van der Waals surface area contributed by atoms with Gasteiger partial charge in [-0.2, -0.15) is 0 Å². The number of carboxylic acids is 1. The van der Waals surface area contributed by atoms with E-state index in [1.807, 2.05) is 18.2 Å². The molecule has 1 aromatic rings. The molecule has 0 unspecified atom stereocenters. The lowest BCUT2D eigenvalue weighted by molar-refractivity contribution is -0.136. The Morgan fingerprint density at radius 2 is 2.25 bits per heavy atom. The molecule has 132 valence electrons. The maximum absolute atomic E-state index is 10.7. The van der Waals surface area contributed by atoms with Gasteiger partial charge in [-0.3, -0.25) is 4.79 Å². The van der Waals surface area contributed by atoms with Crippen molar-refractivity contribution in [2.24, 2.45) is 0 Å². The van der Waals surface area contributed by atoms with Gasteiger partial charge < -0.3 is 29.5 Å². The molecule has 1 fully saturated rings. The molecule has 7 heteroatoms. The summed E-state index contributed by atoms with van der Waals surface area (Å²) in [6, 6.07) is 5.60. The van der Waals surface area contributed by atoms with E-state index < -0.39 is 5.97 Å². The zero-order chi connectivity index (χ0) is 17.0. The summed E-state index contributed by atoms with van der Waals surface area (Å²) in [4.78, 5) is 13.0. The molecule has 7 nitrogen and oxygen atoms in total. The van der Waals surface area contributed by atoms with Crippen LogP contribution in [-0.2, 0) is 4.79 Å². The van der Waals surface area contributed by atoms with Crippen molar-refractivity contribution in [2.75, 3.05) is 39.6 Å². The number of nitrogens with one attached hydrogen (secondary N) is 1. The fourth-order valence-electron chi connectivity index (χ4n) is 3.13. The van der Waals surface area contributed by atoms with Gasteiger partial charge in [0.15, 0.2) is 11.5 Å². The van der Waals surface area contributed by atoms with Crippen LogP contribution in [0.25, 0.3) is 0 Å². The lowest BCUT2D eigenvalue weighted by atomic mass is 10.0. The number of rotatable bonds is 8. The monoisotopic (exact) mass is 336 g/mol. The average molecular weight is 336 g/mol. The summed E-state index contributed by atoms with van der Waals surface area (Å²) in [5.74, 6) is 1.46. The highest BCUT2D eigenvalue weighted by Crippen LogP contribution is 2.35. The van der Waals surface area contributed by atoms with E-state index in [9.17, 15) is 4.79 Å². The molecule has 1 atom stereocenters. The third-order valence-corrected chi connectivity index (χ3v) is 4.45. The number of hydrogen-bond acceptors (Lipinski definition) is 6. The minimum Gasteiger partial charge on any atom is -0.493 e. The molecule has 0 bridgehead atoms. The summed E-state index contributed by atoms with van der Waals surface area (Å²) in [5.41, 5.74) is -0.115. The Labute approximate surface area is 141 Å². The van der Waals surface area contributed by atoms with Gasteiger partial charge in [0, 0.05) is 31.2 Å². The fourth-order valence-corrected chi connectivity index (χ4v) is 3.13. The molecule has 0 saturated carbocycles. The molecule has 0 spiro atoms. The Morgan fingerprint density at radius 3 is 3.08 bits per heavy atom. The van der Waals surface area contributed by atoms with Crippen molar-refractivity contribution in [1.29, 1.82) is 0 Å². The Morgan fingerprint density at radius 1 is 1.42 bits per heavy atom. The Kier molecular flexibility index (Phi) is 5.11. The molecule has 2 aliphatic rings. The summed E-state index contributed by atoms with van der Waals surface area (Å²) in [6.07, 6.45) is 1.88. The smallest absolute Gasteiger partial charge is 0.317 e. The van der Waals surface area contributed by atoms with E-state index in [2.05, 4.69) is 17.1 Å². The van der Waals surface area contributed by atoms with Crippen LogP contribution in [0.1, 0.15) is 19.8 Å². The number of benzene rings is 1. The van der Waals surface area contributed by atoms with Crippen molar-refractivity contribution in [2.45, 2.75) is 25.3 Å². The van der Waals surface area contributed by atoms with Crippen LogP contribution in [-0.4, -0.2) is 61.1 Å². The van der Waals surface area contributed by atoms with Crippen LogP contribution in [0.5, 0.6) is 17.2 Å². The van der Waals surface area contributed by atoms with Crippen molar-refractivity contribution in [3.8, 4) is 17.2 Å². The molecule has 2 N–H and O–H groups in total. The van der Waals surface area contributed by atoms with Gasteiger partial charge >= 0.3 is 5.97 Å². The molecular formula is C17H24N2O5. The Hall–Kier alpha value is -1.99. The highest BCUT2D eigenvalue weighted by atomic mass is 16.7. The maximum atomic E-state index is 10.7. The van der Waals surface area contributed by atoms with Crippen molar-refractivity contribution in [3.05, 3.63) is 18.2 Å². The molecule has 1 saturated heterocycles. The van der Waals surface area contributed by atoms with Gasteiger partial charge in [0.2, 0.25) is 6.79 Å². The van der Waals surface area contributed by atoms with Crippen LogP contribution in [0.15, 0.2) is 18.2 Å². The predicted octanol–water partition coefficient (Wildman–Crippen LogP) is 1.32. The molecular weight excluding hydrogens is 312 g/mol. The first-order valence-electron chi connectivity index (χ1n) is 8.26. The molecule has 0 aromatic heterocycles. The lowest BCUT2D eigenvalue weighted by Gasteiger charge is -2.25. The number of carbonyl (C=O) groups is 1. The minimum absolute atomic E-state index is 0.0115. The third-order valence-electron chi connectivity index (χ3n) is 4.45. The first-order chi connectivity index (χ1) is 11.5. The summed E-state index contributed by atoms with van der Waals surface area (Å²) in [7, 11) is 0. The van der Waals surface area contributed by atoms with Crippen LogP contribution in [0.3, 0.4) is 0 Å². The van der Waals surface area contributed by atoms with Gasteiger partial charge in [-0.25, -0.2) is 0 Å². The highest BCUT2D eigenvalue weighted by Gasteiger charge is 2.33. The molecule has 2 heterocycles. The normalized spacial score (nSPS) is 22.7. The number of aliphatic carboxylic acids is 1. The van der Waals surface area contributed by atoms with E-state index in [4.69, 9.17) is 19.3 Å². The van der Waals surface area contributed by atoms with Crippen LogP contribution < -0.4 is 19.5 Å². The number of nitrogens with zero attached hydrogens (tertiary/aromatic N) is 1. The van der Waals surface area contributed by atoms with E-state index in [1.165, 1.54) is 0 Å². The standard InChI is InChI=1S/C17H24N2O5/c1-17(18-10-16(20)21)5-7-19(11-17)6-2-8-22-13-3-4-14-15(9-13)24-12-23-14/h3-4,9,18H,2,5-8,10-12H2,1H3,(H,20,21)/t17-/m1/s1. The topological polar surface area (TPSA) is 80.3 Å². The molecule has 2 aliphatic heterocycles. The highest BCUT2D eigenvalue weighted by molar-refractivity contribution is 5.69. The zero-order valence-corrected chi connectivity index (χ0v) is 13.9. The molecule has 1 aromatic carbocycles. The van der Waals surface area contributed by atoms with E-state index in [0.717, 1.165) is 49.7 Å². The summed E-state index contributed by atoms with van der Waals surface area (Å²) >= 11 is 0. The van der Waals surface area contributed by atoms with E-state index in [0.29, 0.717) is 6.61 Å². The van der Waals surface area contributed by atoms with Gasteiger partial charge in [-0.05, 0) is 31.9 Å². The summed E-state index contributed by atoms with van der Waals surface area (Å²) < 4.78 is 16.4. The number of hydrogen-bond donors (Lipinski definition) is 2. The van der Waals surface area contributed by atoms with E-state index in [1.54, 1.807) is 0 Å². The number of ether oxygens (including phenoxy) is 3. The third kappa shape index (κ3) is 4.30. The Balaban J connectivity index is 1.36. The van der Waals surface area contributed by atoms with Crippen LogP contribution in [0.2, 0.25) is 0 Å². The fraction of sp³-hybridized carbons (Fsp3) is 0.588. The van der Waals surface area contributed by atoms with Gasteiger partial charge in [-0.1, -0.05) is 0 Å². The second-order valence-electron chi connectivity index (χ2n) is 6.55. The maximum Gasteiger partial charge on any atom is 0.317 e. The lowest BCUT2D eigenvalue weighted by Crippen LogP contribution is -2.47. The zero-order valence-electron chi connectivity index (χ0n) is 13.9. The first kappa shape index (κ1) is 16.9. The predicted molar refractivity (Wildman–Crippen MR) is 87.8 cm³/mol. The molecule has 0 aliphatic carbocycles. The van der Waals surface area contributed by atoms with Crippen molar-refractivity contribution < 1.29 is 24.1 Å². The van der Waals surface area contributed by atoms with Gasteiger partial charge in [0.1, 0.15) is 5.75 Å². The molecule has 24 heavy (non-hydrogen) atoms. The van der Waals surface area contributed by atoms with E-state index >= 15 is 0 Å². The number of carboxylic acid groups (broad SMARTS) is 1. The van der Waals surface area contributed by atoms with Crippen LogP contribution in [0.4, 0.5) is 0 Å². The second-order valence-corrected chi connectivity index (χ2v) is 6.55. The van der Waals surface area contributed by atoms with Gasteiger partial charge in [0.25, 0.3) is 0 Å². The van der Waals surface area contributed by atoms with Crippen molar-refractivity contribution >= 4 is 5.97 Å². The van der Waals surface area contributed by atoms with Crippen molar-refractivity contribution in [1.82, 2.24) is 10.2 Å². The average Bonchev–Trinajstić information content (AvgIpc) is 3.16.